The molecule has 1 atom stereocenters. The largest absolute Gasteiger partial charge is 0.369 e. The van der Waals surface area contributed by atoms with Crippen LogP contribution in [0, 0.1) is 11.3 Å². The summed E-state index contributed by atoms with van der Waals surface area (Å²) in [7, 11) is 0. The lowest BCUT2D eigenvalue weighted by Crippen LogP contribution is -2.43. The van der Waals surface area contributed by atoms with E-state index < -0.39 is 0 Å². The molecule has 0 radical (unpaired) electrons. The van der Waals surface area contributed by atoms with E-state index in [0.29, 0.717) is 29.0 Å². The zero-order valence-electron chi connectivity index (χ0n) is 20.6. The van der Waals surface area contributed by atoms with Crippen LogP contribution in [0.3, 0.4) is 0 Å². The molecular formula is C26H30N10. The molecular weight excluding hydrogens is 452 g/mol. The first-order valence-corrected chi connectivity index (χ1v) is 12.6. The molecule has 36 heavy (non-hydrogen) atoms. The number of nitriles is 1. The van der Waals surface area contributed by atoms with Crippen molar-refractivity contribution in [1.82, 2.24) is 29.5 Å². The zero-order valence-corrected chi connectivity index (χ0v) is 20.6. The van der Waals surface area contributed by atoms with Crippen LogP contribution in [-0.4, -0.2) is 48.7 Å². The van der Waals surface area contributed by atoms with Crippen molar-refractivity contribution >= 4 is 28.4 Å². The van der Waals surface area contributed by atoms with Gasteiger partial charge in [-0.3, -0.25) is 4.68 Å². The molecule has 4 aromatic heterocycles. The SMILES string of the molecule is CC(C)n1nc(C#N)c2ccc(Nc3cc(N4CCC[C@H](N)C4)c(-c4cnn(C5CC5)c4)cn3)nc21. The predicted octanol–water partition coefficient (Wildman–Crippen LogP) is 4.15. The van der Waals surface area contributed by atoms with Crippen LogP contribution in [0.25, 0.3) is 22.2 Å². The van der Waals surface area contributed by atoms with Crippen LogP contribution >= 0.6 is 0 Å². The lowest BCUT2D eigenvalue weighted by atomic mass is 10.0. The molecule has 3 N–H and O–H groups in total. The van der Waals surface area contributed by atoms with Gasteiger partial charge in [0, 0.05) is 60.4 Å². The zero-order chi connectivity index (χ0) is 24.8. The molecule has 2 aliphatic rings. The number of nitrogens with zero attached hydrogens (tertiary/aromatic N) is 8. The monoisotopic (exact) mass is 482 g/mol. The van der Waals surface area contributed by atoms with Gasteiger partial charge in [0.1, 0.15) is 17.7 Å². The highest BCUT2D eigenvalue weighted by Crippen LogP contribution is 2.38. The van der Waals surface area contributed by atoms with Gasteiger partial charge in [-0.05, 0) is 51.7 Å². The fourth-order valence-electron chi connectivity index (χ4n) is 4.90. The number of hydrogen-bond donors (Lipinski definition) is 2. The number of rotatable bonds is 6. The van der Waals surface area contributed by atoms with Crippen molar-refractivity contribution in [2.75, 3.05) is 23.3 Å². The molecule has 0 amide bonds. The molecule has 1 aliphatic carbocycles. The highest BCUT2D eigenvalue weighted by Gasteiger charge is 2.26. The van der Waals surface area contributed by atoms with Crippen molar-refractivity contribution < 1.29 is 0 Å². The third-order valence-corrected chi connectivity index (χ3v) is 6.92. The summed E-state index contributed by atoms with van der Waals surface area (Å²) in [5.74, 6) is 1.35. The Morgan fingerprint density at radius 2 is 2.03 bits per heavy atom. The van der Waals surface area contributed by atoms with Gasteiger partial charge >= 0.3 is 0 Å². The number of piperidine rings is 1. The number of hydrogen-bond acceptors (Lipinski definition) is 8. The number of fused-ring (bicyclic) bond motifs is 1. The first-order chi connectivity index (χ1) is 17.5. The summed E-state index contributed by atoms with van der Waals surface area (Å²) in [5.41, 5.74) is 10.6. The molecule has 0 spiro atoms. The van der Waals surface area contributed by atoms with E-state index in [1.807, 2.05) is 38.4 Å². The van der Waals surface area contributed by atoms with E-state index >= 15 is 0 Å². The molecule has 0 bridgehead atoms. The number of nitrogens with one attached hydrogen (secondary N) is 1. The van der Waals surface area contributed by atoms with Crippen LogP contribution in [0.5, 0.6) is 0 Å². The Hall–Kier alpha value is -3.97. The van der Waals surface area contributed by atoms with Crippen molar-refractivity contribution in [1.29, 1.82) is 5.26 Å². The van der Waals surface area contributed by atoms with Gasteiger partial charge in [-0.15, -0.1) is 0 Å². The highest BCUT2D eigenvalue weighted by atomic mass is 15.3. The van der Waals surface area contributed by atoms with Crippen molar-refractivity contribution in [3.8, 4) is 17.2 Å². The second kappa shape index (κ2) is 8.91. The van der Waals surface area contributed by atoms with Crippen LogP contribution in [0.1, 0.15) is 57.3 Å². The van der Waals surface area contributed by atoms with Gasteiger partial charge in [-0.2, -0.15) is 15.5 Å². The molecule has 0 aromatic carbocycles. The quantitative estimate of drug-likeness (QED) is 0.420. The third kappa shape index (κ3) is 4.16. The number of aromatic nitrogens is 6. The lowest BCUT2D eigenvalue weighted by Gasteiger charge is -2.34. The van der Waals surface area contributed by atoms with E-state index in [4.69, 9.17) is 15.7 Å². The van der Waals surface area contributed by atoms with E-state index in [1.54, 1.807) is 4.68 Å². The maximum atomic E-state index is 9.46. The molecule has 10 heteroatoms. The molecule has 184 valence electrons. The summed E-state index contributed by atoms with van der Waals surface area (Å²) in [6.07, 6.45) is 10.5. The van der Waals surface area contributed by atoms with Crippen molar-refractivity contribution in [2.24, 2.45) is 5.73 Å². The van der Waals surface area contributed by atoms with Gasteiger partial charge in [0.15, 0.2) is 11.3 Å². The molecule has 5 heterocycles. The van der Waals surface area contributed by atoms with E-state index in [0.717, 1.165) is 48.1 Å². The first kappa shape index (κ1) is 22.5. The first-order valence-electron chi connectivity index (χ1n) is 12.6. The molecule has 1 saturated heterocycles. The summed E-state index contributed by atoms with van der Waals surface area (Å²) in [4.78, 5) is 11.9. The average Bonchev–Trinajstić information content (AvgIpc) is 3.49. The molecule has 10 nitrogen and oxygen atoms in total. The van der Waals surface area contributed by atoms with Gasteiger partial charge in [0.05, 0.1) is 17.6 Å². The maximum absolute atomic E-state index is 9.46. The second-order valence-electron chi connectivity index (χ2n) is 10.1. The Morgan fingerprint density at radius 1 is 1.17 bits per heavy atom. The fourth-order valence-corrected chi connectivity index (χ4v) is 4.90. The topological polar surface area (TPSA) is 126 Å². The Balaban J connectivity index is 1.36. The second-order valence-corrected chi connectivity index (χ2v) is 10.1. The van der Waals surface area contributed by atoms with E-state index in [2.05, 4.69) is 43.4 Å². The van der Waals surface area contributed by atoms with E-state index in [1.165, 1.54) is 12.8 Å². The molecule has 0 unspecified atom stereocenters. The third-order valence-electron chi connectivity index (χ3n) is 6.92. The summed E-state index contributed by atoms with van der Waals surface area (Å²) in [6, 6.07) is 8.76. The lowest BCUT2D eigenvalue weighted by molar-refractivity contribution is 0.506. The Labute approximate surface area is 209 Å². The Morgan fingerprint density at radius 3 is 2.78 bits per heavy atom. The van der Waals surface area contributed by atoms with Gasteiger partial charge in [0.2, 0.25) is 0 Å². The van der Waals surface area contributed by atoms with Gasteiger partial charge in [-0.25, -0.2) is 14.6 Å². The summed E-state index contributed by atoms with van der Waals surface area (Å²) in [6.45, 7) is 5.81. The molecule has 2 fully saturated rings. The number of anilines is 3. The summed E-state index contributed by atoms with van der Waals surface area (Å²) in [5, 5.41) is 22.6. The van der Waals surface area contributed by atoms with E-state index in [-0.39, 0.29) is 12.1 Å². The van der Waals surface area contributed by atoms with Crippen molar-refractivity contribution in [3.05, 3.63) is 42.5 Å². The van der Waals surface area contributed by atoms with Gasteiger partial charge in [0.25, 0.3) is 0 Å². The number of nitrogens with two attached hydrogens (primary N) is 1. The molecule has 1 aliphatic heterocycles. The predicted molar refractivity (Wildman–Crippen MR) is 139 cm³/mol. The summed E-state index contributed by atoms with van der Waals surface area (Å²) < 4.78 is 3.85. The average molecular weight is 483 g/mol. The van der Waals surface area contributed by atoms with Gasteiger partial charge < -0.3 is 16.0 Å². The molecule has 1 saturated carbocycles. The summed E-state index contributed by atoms with van der Waals surface area (Å²) >= 11 is 0. The van der Waals surface area contributed by atoms with Crippen molar-refractivity contribution in [3.63, 3.8) is 0 Å². The van der Waals surface area contributed by atoms with Crippen LogP contribution in [0.4, 0.5) is 17.3 Å². The minimum Gasteiger partial charge on any atom is -0.369 e. The minimum atomic E-state index is 0.0845. The van der Waals surface area contributed by atoms with Crippen LogP contribution in [0.2, 0.25) is 0 Å². The number of pyridine rings is 2. The highest BCUT2D eigenvalue weighted by molar-refractivity contribution is 5.84. The molecule has 6 rings (SSSR count). The Bertz CT molecular complexity index is 1460. The standard InChI is InChI=1S/C26H30N10/c1-16(2)36-26-20(22(11-27)33-36)7-8-24(32-26)31-25-10-23(34-9-3-4-18(28)15-34)21(13-29-25)17-12-30-35(14-17)19-5-6-19/h7-8,10,12-14,16,18-19H,3-6,9,15,28H2,1-2H3,(H,29,31,32)/t18-/m0/s1. The minimum absolute atomic E-state index is 0.0845. The van der Waals surface area contributed by atoms with Crippen LogP contribution in [0.15, 0.2) is 36.8 Å². The van der Waals surface area contributed by atoms with E-state index in [9.17, 15) is 5.26 Å². The van der Waals surface area contributed by atoms with Gasteiger partial charge in [-0.1, -0.05) is 0 Å². The fraction of sp³-hybridized carbons (Fsp3) is 0.423. The normalized spacial score (nSPS) is 18.1. The maximum Gasteiger partial charge on any atom is 0.172 e. The van der Waals surface area contributed by atoms with Crippen LogP contribution in [-0.2, 0) is 0 Å². The smallest absolute Gasteiger partial charge is 0.172 e. The molecule has 4 aromatic rings. The van der Waals surface area contributed by atoms with Crippen molar-refractivity contribution in [2.45, 2.75) is 57.7 Å². The van der Waals surface area contributed by atoms with Crippen LogP contribution < -0.4 is 16.0 Å². The Kier molecular flexibility index (Phi) is 5.57.